The summed E-state index contributed by atoms with van der Waals surface area (Å²) < 4.78 is 35.5. The van der Waals surface area contributed by atoms with Gasteiger partial charge in [0.05, 0.1) is 12.8 Å². The molecular formula is C17H19FN4O3S. The maximum atomic E-state index is 12.7. The molecule has 3 heterocycles. The van der Waals surface area contributed by atoms with E-state index < -0.39 is 17.9 Å². The van der Waals surface area contributed by atoms with Gasteiger partial charge in [0.15, 0.2) is 11.4 Å². The van der Waals surface area contributed by atoms with Crippen LogP contribution in [0.2, 0.25) is 0 Å². The molecule has 0 aliphatic heterocycles. The molecule has 3 aromatic rings. The molecule has 0 saturated carbocycles. The summed E-state index contributed by atoms with van der Waals surface area (Å²) in [5.74, 6) is 1.23. The monoisotopic (exact) mass is 378 g/mol. The highest BCUT2D eigenvalue weighted by Gasteiger charge is 2.21. The van der Waals surface area contributed by atoms with Gasteiger partial charge < -0.3 is 14.0 Å². The molecule has 0 aromatic carbocycles. The van der Waals surface area contributed by atoms with Gasteiger partial charge in [-0.1, -0.05) is 0 Å². The number of ether oxygens (including phenoxy) is 2. The quantitative estimate of drug-likeness (QED) is 0.635. The summed E-state index contributed by atoms with van der Waals surface area (Å²) in [7, 11) is 1.58. The summed E-state index contributed by atoms with van der Waals surface area (Å²) in [6, 6.07) is 3.52. The van der Waals surface area contributed by atoms with E-state index in [0.29, 0.717) is 33.6 Å². The number of hydrogen-bond donors (Lipinski definition) is 1. The second-order valence-electron chi connectivity index (χ2n) is 5.63. The number of fused-ring (bicyclic) bond motifs is 1. The van der Waals surface area contributed by atoms with Crippen molar-refractivity contribution < 1.29 is 18.4 Å². The number of pyridine rings is 2. The largest absolute Gasteiger partial charge is 0.609 e. The van der Waals surface area contributed by atoms with E-state index in [1.807, 2.05) is 6.92 Å². The Labute approximate surface area is 153 Å². The van der Waals surface area contributed by atoms with E-state index in [2.05, 4.69) is 19.9 Å². The van der Waals surface area contributed by atoms with E-state index in [9.17, 15) is 8.94 Å². The van der Waals surface area contributed by atoms with Gasteiger partial charge in [-0.2, -0.15) is 9.97 Å². The number of imidazole rings is 1. The van der Waals surface area contributed by atoms with Crippen molar-refractivity contribution in [3.8, 4) is 11.6 Å². The molecule has 138 valence electrons. The molecule has 0 amide bonds. The Morgan fingerprint density at radius 3 is 2.85 bits per heavy atom. The third-order valence-corrected chi connectivity index (χ3v) is 5.03. The number of nitrogens with one attached hydrogen (secondary N) is 1. The highest BCUT2D eigenvalue weighted by atomic mass is 32.2. The van der Waals surface area contributed by atoms with Gasteiger partial charge in [-0.05, 0) is 26.0 Å². The SMILES string of the molecule is COc1ccnc(C[S+]([O-])c2nc3cc(C)c(OCCF)nc3[nH]2)c1C. The minimum Gasteiger partial charge on any atom is -0.609 e. The van der Waals surface area contributed by atoms with E-state index in [1.165, 1.54) is 0 Å². The van der Waals surface area contributed by atoms with Crippen LogP contribution >= 0.6 is 0 Å². The number of aryl methyl sites for hydroxylation is 1. The summed E-state index contributed by atoms with van der Waals surface area (Å²) in [4.78, 5) is 15.9. The Hall–Kier alpha value is -2.39. The van der Waals surface area contributed by atoms with Crippen molar-refractivity contribution in [3.05, 3.63) is 35.2 Å². The molecule has 9 heteroatoms. The summed E-state index contributed by atoms with van der Waals surface area (Å²) in [5.41, 5.74) is 3.28. The normalized spacial score (nSPS) is 12.3. The zero-order valence-corrected chi connectivity index (χ0v) is 15.5. The van der Waals surface area contributed by atoms with E-state index in [1.54, 1.807) is 32.4 Å². The topological polar surface area (TPSA) is 96.0 Å². The van der Waals surface area contributed by atoms with Gasteiger partial charge in [-0.3, -0.25) is 9.97 Å². The molecule has 1 unspecified atom stereocenters. The van der Waals surface area contributed by atoms with Crippen molar-refractivity contribution in [2.75, 3.05) is 20.4 Å². The number of nitrogens with zero attached hydrogens (tertiary/aromatic N) is 3. The van der Waals surface area contributed by atoms with Crippen molar-refractivity contribution in [3.63, 3.8) is 0 Å². The Kier molecular flexibility index (Phi) is 5.58. The molecule has 1 atom stereocenters. The number of rotatable bonds is 7. The van der Waals surface area contributed by atoms with Crippen molar-refractivity contribution in [1.29, 1.82) is 0 Å². The Bertz CT molecular complexity index is 918. The van der Waals surface area contributed by atoms with Crippen molar-refractivity contribution >= 4 is 22.3 Å². The average molecular weight is 378 g/mol. The van der Waals surface area contributed by atoms with Crippen LogP contribution in [0.25, 0.3) is 11.2 Å². The van der Waals surface area contributed by atoms with Crippen LogP contribution in [-0.2, 0) is 16.9 Å². The molecule has 0 fully saturated rings. The molecule has 0 bridgehead atoms. The number of methoxy groups -OCH3 is 1. The highest BCUT2D eigenvalue weighted by molar-refractivity contribution is 7.90. The standard InChI is InChI=1S/C17H19FN4O3S/c1-10-8-12-15(21-16(10)25-7-5-18)22-17(20-12)26(23)9-13-11(2)14(24-3)4-6-19-13/h4,6,8H,5,7,9H2,1-3H3,(H,20,21,22). The molecule has 0 aliphatic carbocycles. The first kappa shape index (κ1) is 18.4. The van der Waals surface area contributed by atoms with E-state index in [-0.39, 0.29) is 12.4 Å². The van der Waals surface area contributed by atoms with Gasteiger partial charge in [0.2, 0.25) is 5.88 Å². The minimum atomic E-state index is -1.43. The van der Waals surface area contributed by atoms with Crippen LogP contribution in [-0.4, -0.2) is 44.9 Å². The molecule has 0 spiro atoms. The smallest absolute Gasteiger partial charge is 0.323 e. The molecule has 0 aliphatic rings. The van der Waals surface area contributed by atoms with E-state index in [0.717, 1.165) is 11.1 Å². The third-order valence-electron chi connectivity index (χ3n) is 3.87. The summed E-state index contributed by atoms with van der Waals surface area (Å²) in [6.45, 7) is 3.02. The lowest BCUT2D eigenvalue weighted by Gasteiger charge is -2.10. The lowest BCUT2D eigenvalue weighted by Crippen LogP contribution is -2.10. The second kappa shape index (κ2) is 7.88. The zero-order valence-electron chi connectivity index (χ0n) is 14.7. The fourth-order valence-electron chi connectivity index (χ4n) is 2.51. The maximum absolute atomic E-state index is 12.7. The number of aromatic amines is 1. The number of alkyl halides is 1. The molecule has 3 rings (SSSR count). The average Bonchev–Trinajstić information content (AvgIpc) is 3.04. The van der Waals surface area contributed by atoms with Gasteiger partial charge >= 0.3 is 5.16 Å². The van der Waals surface area contributed by atoms with Gasteiger partial charge in [-0.15, -0.1) is 0 Å². The Balaban J connectivity index is 1.85. The van der Waals surface area contributed by atoms with Crippen molar-refractivity contribution in [2.45, 2.75) is 24.8 Å². The summed E-state index contributed by atoms with van der Waals surface area (Å²) in [5, 5.41) is 0.304. The zero-order chi connectivity index (χ0) is 18.7. The summed E-state index contributed by atoms with van der Waals surface area (Å²) >= 11 is -1.43. The van der Waals surface area contributed by atoms with Crippen LogP contribution in [0.5, 0.6) is 11.6 Å². The fourth-order valence-corrected chi connectivity index (χ4v) is 3.59. The van der Waals surface area contributed by atoms with Gasteiger partial charge in [-0.25, -0.2) is 4.39 Å². The number of hydrogen-bond acceptors (Lipinski definition) is 6. The van der Waals surface area contributed by atoms with E-state index >= 15 is 0 Å². The van der Waals surface area contributed by atoms with Crippen LogP contribution in [0.15, 0.2) is 23.5 Å². The Morgan fingerprint density at radius 1 is 1.31 bits per heavy atom. The lowest BCUT2D eigenvalue weighted by molar-refractivity contribution is 0.263. The third kappa shape index (κ3) is 3.73. The minimum absolute atomic E-state index is 0.0624. The summed E-state index contributed by atoms with van der Waals surface area (Å²) in [6.07, 6.45) is 1.62. The van der Waals surface area contributed by atoms with Gasteiger partial charge in [0, 0.05) is 28.5 Å². The maximum Gasteiger partial charge on any atom is 0.323 e. The lowest BCUT2D eigenvalue weighted by atomic mass is 10.2. The van der Waals surface area contributed by atoms with Crippen LogP contribution in [0.4, 0.5) is 4.39 Å². The van der Waals surface area contributed by atoms with Crippen molar-refractivity contribution in [1.82, 2.24) is 19.9 Å². The first-order chi connectivity index (χ1) is 12.5. The fraction of sp³-hybridized carbons (Fsp3) is 0.353. The Morgan fingerprint density at radius 2 is 2.12 bits per heavy atom. The molecule has 26 heavy (non-hydrogen) atoms. The van der Waals surface area contributed by atoms with Crippen LogP contribution in [0, 0.1) is 13.8 Å². The molecule has 7 nitrogen and oxygen atoms in total. The van der Waals surface area contributed by atoms with Gasteiger partial charge in [0.25, 0.3) is 0 Å². The molecule has 0 radical (unpaired) electrons. The highest BCUT2D eigenvalue weighted by Crippen LogP contribution is 2.25. The van der Waals surface area contributed by atoms with Crippen LogP contribution in [0.3, 0.4) is 0 Å². The number of aromatic nitrogens is 4. The molecule has 1 N–H and O–H groups in total. The van der Waals surface area contributed by atoms with E-state index in [4.69, 9.17) is 9.47 Å². The first-order valence-corrected chi connectivity index (χ1v) is 9.28. The number of halogens is 1. The predicted octanol–water partition coefficient (Wildman–Crippen LogP) is 2.63. The first-order valence-electron chi connectivity index (χ1n) is 7.96. The second-order valence-corrected chi connectivity index (χ2v) is 7.00. The van der Waals surface area contributed by atoms with Crippen LogP contribution < -0.4 is 9.47 Å². The molecule has 3 aromatic heterocycles. The van der Waals surface area contributed by atoms with Gasteiger partial charge in [0.1, 0.15) is 24.5 Å². The molecule has 0 saturated heterocycles. The van der Waals surface area contributed by atoms with Crippen LogP contribution in [0.1, 0.15) is 16.8 Å². The van der Waals surface area contributed by atoms with Crippen molar-refractivity contribution in [2.24, 2.45) is 0 Å². The predicted molar refractivity (Wildman–Crippen MR) is 95.7 cm³/mol. The molecular weight excluding hydrogens is 359 g/mol. The number of H-pyrrole nitrogens is 1.